The van der Waals surface area contributed by atoms with Crippen molar-refractivity contribution in [3.05, 3.63) is 66.2 Å². The molecule has 0 radical (unpaired) electrons. The summed E-state index contributed by atoms with van der Waals surface area (Å²) in [5, 5.41) is 11.6. The largest absolute Gasteiger partial charge is 0.321 e. The molecule has 112 valence electrons. The van der Waals surface area contributed by atoms with Crippen LogP contribution in [0.3, 0.4) is 0 Å². The molecule has 3 heterocycles. The van der Waals surface area contributed by atoms with Gasteiger partial charge in [0.15, 0.2) is 5.65 Å². The number of fused-ring (bicyclic) bond motifs is 2. The van der Waals surface area contributed by atoms with E-state index in [9.17, 15) is 4.79 Å². The average molecular weight is 303 g/mol. The summed E-state index contributed by atoms with van der Waals surface area (Å²) in [6, 6.07) is 13.0. The van der Waals surface area contributed by atoms with Crippen molar-refractivity contribution in [1.29, 1.82) is 0 Å². The molecule has 1 aromatic carbocycles. The van der Waals surface area contributed by atoms with E-state index < -0.39 is 0 Å². The number of carbonyl (C=O) groups is 1. The number of benzene rings is 1. The molecule has 0 spiro atoms. The number of carbonyl (C=O) groups excluding carboxylic acids is 1. The van der Waals surface area contributed by atoms with E-state index in [1.54, 1.807) is 35.1 Å². The molecule has 0 saturated heterocycles. The highest BCUT2D eigenvalue weighted by Crippen LogP contribution is 2.16. The number of aromatic nitrogens is 4. The van der Waals surface area contributed by atoms with Crippen molar-refractivity contribution in [2.24, 2.45) is 0 Å². The van der Waals surface area contributed by atoms with E-state index in [4.69, 9.17) is 0 Å². The standard InChI is InChI=1S/C17H13N5O/c1-11-2-3-12-8-13(4-6-15(12)19-11)17(23)20-14-5-7-16-21-18-10-22(16)9-14/h2-10H,1H3,(H,20,23). The highest BCUT2D eigenvalue weighted by molar-refractivity contribution is 6.06. The van der Waals surface area contributed by atoms with Crippen molar-refractivity contribution in [3.63, 3.8) is 0 Å². The van der Waals surface area contributed by atoms with E-state index in [2.05, 4.69) is 20.5 Å². The number of hydrogen-bond acceptors (Lipinski definition) is 4. The van der Waals surface area contributed by atoms with Gasteiger partial charge in [0.25, 0.3) is 5.91 Å². The van der Waals surface area contributed by atoms with Gasteiger partial charge >= 0.3 is 0 Å². The molecule has 3 aromatic heterocycles. The summed E-state index contributed by atoms with van der Waals surface area (Å²) >= 11 is 0. The van der Waals surface area contributed by atoms with Gasteiger partial charge in [0, 0.05) is 22.8 Å². The van der Waals surface area contributed by atoms with Crippen molar-refractivity contribution in [3.8, 4) is 0 Å². The number of nitrogens with zero attached hydrogens (tertiary/aromatic N) is 4. The Morgan fingerprint density at radius 1 is 1.13 bits per heavy atom. The molecule has 23 heavy (non-hydrogen) atoms. The molecule has 4 aromatic rings. The van der Waals surface area contributed by atoms with Crippen molar-refractivity contribution in [2.45, 2.75) is 6.92 Å². The van der Waals surface area contributed by atoms with Gasteiger partial charge in [-0.3, -0.25) is 14.2 Å². The number of anilines is 1. The van der Waals surface area contributed by atoms with Crippen LogP contribution in [0.25, 0.3) is 16.6 Å². The number of amides is 1. The Labute approximate surface area is 131 Å². The van der Waals surface area contributed by atoms with E-state index >= 15 is 0 Å². The van der Waals surface area contributed by atoms with E-state index in [0.29, 0.717) is 11.3 Å². The molecule has 6 nitrogen and oxygen atoms in total. The fraction of sp³-hybridized carbons (Fsp3) is 0.0588. The Balaban J connectivity index is 1.64. The summed E-state index contributed by atoms with van der Waals surface area (Å²) in [6.07, 6.45) is 3.37. The maximum absolute atomic E-state index is 12.4. The number of nitrogens with one attached hydrogen (secondary N) is 1. The van der Waals surface area contributed by atoms with Crippen LogP contribution in [-0.4, -0.2) is 25.5 Å². The minimum absolute atomic E-state index is 0.167. The lowest BCUT2D eigenvalue weighted by Crippen LogP contribution is -2.12. The van der Waals surface area contributed by atoms with Gasteiger partial charge in [0.05, 0.1) is 11.2 Å². The molecule has 0 unspecified atom stereocenters. The fourth-order valence-electron chi connectivity index (χ4n) is 2.47. The first kappa shape index (κ1) is 13.4. The smallest absolute Gasteiger partial charge is 0.255 e. The van der Waals surface area contributed by atoms with Gasteiger partial charge in [0.2, 0.25) is 0 Å². The zero-order chi connectivity index (χ0) is 15.8. The normalized spacial score (nSPS) is 11.0. The Hall–Kier alpha value is -3.28. The van der Waals surface area contributed by atoms with Crippen LogP contribution in [-0.2, 0) is 0 Å². The molecule has 0 aliphatic rings. The summed E-state index contributed by atoms with van der Waals surface area (Å²) in [6.45, 7) is 1.95. The van der Waals surface area contributed by atoms with Crippen LogP contribution in [0.15, 0.2) is 55.0 Å². The van der Waals surface area contributed by atoms with E-state index in [-0.39, 0.29) is 5.91 Å². The highest BCUT2D eigenvalue weighted by atomic mass is 16.1. The van der Waals surface area contributed by atoms with E-state index in [1.165, 1.54) is 0 Å². The second-order valence-electron chi connectivity index (χ2n) is 5.33. The highest BCUT2D eigenvalue weighted by Gasteiger charge is 2.08. The quantitative estimate of drug-likeness (QED) is 0.618. The molecule has 0 saturated carbocycles. The summed E-state index contributed by atoms with van der Waals surface area (Å²) < 4.78 is 1.75. The Kier molecular flexibility index (Phi) is 3.01. The predicted molar refractivity (Wildman–Crippen MR) is 87.4 cm³/mol. The summed E-state index contributed by atoms with van der Waals surface area (Å²) in [5.41, 5.74) is 3.84. The first-order valence-corrected chi connectivity index (χ1v) is 7.17. The molecule has 4 rings (SSSR count). The van der Waals surface area contributed by atoms with Crippen molar-refractivity contribution >= 4 is 28.1 Å². The molecule has 0 bridgehead atoms. The third kappa shape index (κ3) is 2.50. The molecular formula is C17H13N5O. The Morgan fingerprint density at radius 2 is 2.04 bits per heavy atom. The maximum Gasteiger partial charge on any atom is 0.255 e. The lowest BCUT2D eigenvalue weighted by molar-refractivity contribution is 0.102. The van der Waals surface area contributed by atoms with Gasteiger partial charge in [-0.05, 0) is 43.3 Å². The minimum atomic E-state index is -0.167. The average Bonchev–Trinajstić information content (AvgIpc) is 3.02. The second kappa shape index (κ2) is 5.17. The zero-order valence-electron chi connectivity index (χ0n) is 12.4. The fourth-order valence-corrected chi connectivity index (χ4v) is 2.47. The van der Waals surface area contributed by atoms with Gasteiger partial charge in [-0.2, -0.15) is 0 Å². The van der Waals surface area contributed by atoms with Crippen LogP contribution >= 0.6 is 0 Å². The number of hydrogen-bond donors (Lipinski definition) is 1. The molecule has 1 N–H and O–H groups in total. The summed E-state index contributed by atoms with van der Waals surface area (Å²) in [7, 11) is 0. The van der Waals surface area contributed by atoms with Crippen LogP contribution in [0.2, 0.25) is 0 Å². The van der Waals surface area contributed by atoms with Crippen molar-refractivity contribution in [2.75, 3.05) is 5.32 Å². The lowest BCUT2D eigenvalue weighted by atomic mass is 10.1. The van der Waals surface area contributed by atoms with Crippen LogP contribution in [0, 0.1) is 6.92 Å². The summed E-state index contributed by atoms with van der Waals surface area (Å²) in [4.78, 5) is 16.9. The zero-order valence-corrected chi connectivity index (χ0v) is 12.4. The van der Waals surface area contributed by atoms with Gasteiger partial charge in [-0.1, -0.05) is 6.07 Å². The van der Waals surface area contributed by atoms with Crippen molar-refractivity contribution in [1.82, 2.24) is 19.6 Å². The van der Waals surface area contributed by atoms with Gasteiger partial charge in [0.1, 0.15) is 6.33 Å². The lowest BCUT2D eigenvalue weighted by Gasteiger charge is -2.07. The monoisotopic (exact) mass is 303 g/mol. The first-order valence-electron chi connectivity index (χ1n) is 7.17. The van der Waals surface area contributed by atoms with E-state index in [1.807, 2.05) is 31.2 Å². The molecule has 0 fully saturated rings. The maximum atomic E-state index is 12.4. The van der Waals surface area contributed by atoms with Gasteiger partial charge in [-0.15, -0.1) is 10.2 Å². The van der Waals surface area contributed by atoms with Crippen LogP contribution in [0.4, 0.5) is 5.69 Å². The second-order valence-corrected chi connectivity index (χ2v) is 5.33. The predicted octanol–water partition coefficient (Wildman–Crippen LogP) is 2.84. The number of rotatable bonds is 2. The molecule has 0 aliphatic heterocycles. The molecule has 6 heteroatoms. The van der Waals surface area contributed by atoms with Crippen LogP contribution < -0.4 is 5.32 Å². The first-order chi connectivity index (χ1) is 11.2. The SMILES string of the molecule is Cc1ccc2cc(C(=O)Nc3ccc4nncn4c3)ccc2n1. The Bertz CT molecular complexity index is 1040. The van der Waals surface area contributed by atoms with Gasteiger partial charge in [-0.25, -0.2) is 0 Å². The molecule has 0 aliphatic carbocycles. The van der Waals surface area contributed by atoms with Crippen LogP contribution in [0.5, 0.6) is 0 Å². The van der Waals surface area contributed by atoms with Crippen LogP contribution in [0.1, 0.15) is 16.1 Å². The Morgan fingerprint density at radius 3 is 2.96 bits per heavy atom. The third-order valence-electron chi connectivity index (χ3n) is 3.64. The minimum Gasteiger partial charge on any atom is -0.321 e. The molecule has 0 atom stereocenters. The number of aryl methyl sites for hydroxylation is 1. The van der Waals surface area contributed by atoms with E-state index in [0.717, 1.165) is 22.2 Å². The molecular weight excluding hydrogens is 290 g/mol. The number of pyridine rings is 2. The van der Waals surface area contributed by atoms with Gasteiger partial charge < -0.3 is 5.32 Å². The third-order valence-corrected chi connectivity index (χ3v) is 3.64. The summed E-state index contributed by atoms with van der Waals surface area (Å²) in [5.74, 6) is -0.167. The van der Waals surface area contributed by atoms with Crippen molar-refractivity contribution < 1.29 is 4.79 Å². The molecule has 1 amide bonds. The topological polar surface area (TPSA) is 72.2 Å².